The molecule has 3 aliphatic carbocycles. The molecule has 0 radical (unpaired) electrons. The molecule has 2 amide bonds. The number of rotatable bonds is 10. The number of carbonyl (C=O) groups is 2. The first-order chi connectivity index (χ1) is 17.5. The van der Waals surface area contributed by atoms with E-state index in [2.05, 4.69) is 26.0 Å². The highest BCUT2D eigenvalue weighted by Gasteiger charge is 2.50. The molecule has 2 heterocycles. The number of hydrogen-bond acceptors (Lipinski definition) is 6. The normalized spacial score (nSPS) is 20.4. The van der Waals surface area contributed by atoms with Crippen LogP contribution in [0, 0.1) is 17.8 Å². The van der Waals surface area contributed by atoms with E-state index in [0.717, 1.165) is 30.4 Å². The summed E-state index contributed by atoms with van der Waals surface area (Å²) in [5, 5.41) is 16.4. The molecule has 3 aliphatic rings. The van der Waals surface area contributed by atoms with Gasteiger partial charge in [-0.3, -0.25) is 9.48 Å². The van der Waals surface area contributed by atoms with Crippen LogP contribution < -0.4 is 10.6 Å². The van der Waals surface area contributed by atoms with Gasteiger partial charge in [0.25, 0.3) is 5.92 Å². The molecular formula is C22H26F5N7O3. The summed E-state index contributed by atoms with van der Waals surface area (Å²) in [6.45, 7) is -1.36. The number of alkyl halides is 5. The first-order valence-electron chi connectivity index (χ1n) is 12.1. The fourth-order valence-corrected chi connectivity index (χ4v) is 4.84. The zero-order valence-electron chi connectivity index (χ0n) is 19.6. The van der Waals surface area contributed by atoms with E-state index in [1.807, 2.05) is 0 Å². The molecule has 3 fully saturated rings. The van der Waals surface area contributed by atoms with Crippen LogP contribution >= 0.6 is 0 Å². The minimum absolute atomic E-state index is 0.0637. The van der Waals surface area contributed by atoms with Crippen molar-refractivity contribution in [3.05, 3.63) is 24.3 Å². The van der Waals surface area contributed by atoms with Crippen molar-refractivity contribution in [2.45, 2.75) is 75.9 Å². The van der Waals surface area contributed by atoms with E-state index in [1.165, 1.54) is 23.3 Å². The van der Waals surface area contributed by atoms with Crippen LogP contribution in [0.5, 0.6) is 0 Å². The van der Waals surface area contributed by atoms with Crippen molar-refractivity contribution in [3.8, 4) is 0 Å². The molecule has 10 nitrogen and oxygen atoms in total. The number of hydrogen-bond donors (Lipinski definition) is 2. The molecule has 0 spiro atoms. The summed E-state index contributed by atoms with van der Waals surface area (Å²) >= 11 is 0. The predicted octanol–water partition coefficient (Wildman–Crippen LogP) is 3.35. The molecule has 2 aromatic rings. The molecule has 5 rings (SSSR count). The summed E-state index contributed by atoms with van der Waals surface area (Å²) in [7, 11) is 0. The number of alkyl carbamates (subject to hydrolysis) is 1. The van der Waals surface area contributed by atoms with Gasteiger partial charge in [0, 0.05) is 19.0 Å². The Hall–Kier alpha value is -3.26. The van der Waals surface area contributed by atoms with Crippen LogP contribution in [0.15, 0.2) is 18.6 Å². The van der Waals surface area contributed by atoms with Crippen molar-refractivity contribution in [2.75, 3.05) is 5.32 Å². The van der Waals surface area contributed by atoms with E-state index in [9.17, 15) is 31.5 Å². The van der Waals surface area contributed by atoms with Gasteiger partial charge in [0.2, 0.25) is 5.91 Å². The predicted molar refractivity (Wildman–Crippen MR) is 116 cm³/mol. The van der Waals surface area contributed by atoms with Crippen molar-refractivity contribution in [3.63, 3.8) is 0 Å². The maximum Gasteiger partial charge on any atom is 0.408 e. The average molecular weight is 531 g/mol. The van der Waals surface area contributed by atoms with Gasteiger partial charge in [-0.05, 0) is 43.4 Å². The summed E-state index contributed by atoms with van der Waals surface area (Å²) < 4.78 is 71.6. The van der Waals surface area contributed by atoms with Crippen molar-refractivity contribution in [1.82, 2.24) is 30.1 Å². The van der Waals surface area contributed by atoms with Gasteiger partial charge in [-0.25, -0.2) is 18.3 Å². The van der Waals surface area contributed by atoms with E-state index >= 15 is 0 Å². The number of nitrogens with zero attached hydrogens (tertiary/aromatic N) is 5. The van der Waals surface area contributed by atoms with Gasteiger partial charge in [-0.15, -0.1) is 5.10 Å². The molecular weight excluding hydrogens is 505 g/mol. The minimum atomic E-state index is -4.46. The Morgan fingerprint density at radius 1 is 1.14 bits per heavy atom. The van der Waals surface area contributed by atoms with Gasteiger partial charge in [0.05, 0.1) is 30.3 Å². The first kappa shape index (κ1) is 25.4. The van der Waals surface area contributed by atoms with Gasteiger partial charge in [-0.2, -0.15) is 18.3 Å². The van der Waals surface area contributed by atoms with Crippen molar-refractivity contribution in [2.24, 2.45) is 17.8 Å². The van der Waals surface area contributed by atoms with Crippen LogP contribution in [0.4, 0.5) is 32.4 Å². The third-order valence-corrected chi connectivity index (χ3v) is 6.85. The largest absolute Gasteiger partial charge is 0.446 e. The van der Waals surface area contributed by atoms with E-state index < -0.39 is 55.6 Å². The number of ether oxygens (including phenoxy) is 1. The molecule has 2 aromatic heterocycles. The van der Waals surface area contributed by atoms with E-state index in [0.29, 0.717) is 0 Å². The molecule has 202 valence electrons. The Balaban J connectivity index is 1.23. The monoisotopic (exact) mass is 531 g/mol. The Morgan fingerprint density at radius 2 is 1.81 bits per heavy atom. The Morgan fingerprint density at radius 3 is 2.41 bits per heavy atom. The number of anilines is 1. The van der Waals surface area contributed by atoms with E-state index in [-0.39, 0.29) is 35.7 Å². The van der Waals surface area contributed by atoms with Gasteiger partial charge in [-0.1, -0.05) is 5.21 Å². The maximum atomic E-state index is 13.3. The van der Waals surface area contributed by atoms with Gasteiger partial charge in [0.1, 0.15) is 18.7 Å². The zero-order chi connectivity index (χ0) is 26.4. The molecule has 3 saturated carbocycles. The fourth-order valence-electron chi connectivity index (χ4n) is 4.84. The highest BCUT2D eigenvalue weighted by molar-refractivity contribution is 5.96. The lowest BCUT2D eigenvalue weighted by atomic mass is 9.88. The molecule has 0 saturated heterocycles. The SMILES string of the molecule is O=C(N[C@H](C(=O)Nc1cnn(Cc2cnnn2CC(F)(F)F)c1)C(C1CC1)C1CC1)OC1CC(F)(F)C1. The van der Waals surface area contributed by atoms with Crippen LogP contribution in [0.2, 0.25) is 0 Å². The lowest BCUT2D eigenvalue weighted by molar-refractivity contribution is -0.145. The second-order valence-electron chi connectivity index (χ2n) is 10.1. The minimum Gasteiger partial charge on any atom is -0.446 e. The highest BCUT2D eigenvalue weighted by Crippen LogP contribution is 2.51. The van der Waals surface area contributed by atoms with Crippen LogP contribution in [0.25, 0.3) is 0 Å². The Kier molecular flexibility index (Phi) is 6.56. The fraction of sp³-hybridized carbons (Fsp3) is 0.682. The zero-order valence-corrected chi connectivity index (χ0v) is 19.6. The van der Waals surface area contributed by atoms with E-state index in [4.69, 9.17) is 4.74 Å². The quantitative estimate of drug-likeness (QED) is 0.455. The third-order valence-electron chi connectivity index (χ3n) is 6.85. The number of nitrogens with one attached hydrogen (secondary N) is 2. The average Bonchev–Trinajstić information content (AvgIpc) is 3.70. The lowest BCUT2D eigenvalue weighted by Crippen LogP contribution is -2.52. The molecule has 0 aliphatic heterocycles. The summed E-state index contributed by atoms with van der Waals surface area (Å²) in [6, 6.07) is -0.922. The van der Waals surface area contributed by atoms with E-state index in [1.54, 1.807) is 0 Å². The molecule has 0 unspecified atom stereocenters. The smallest absolute Gasteiger partial charge is 0.408 e. The Labute approximate surface area is 207 Å². The molecule has 2 N–H and O–H groups in total. The molecule has 15 heteroatoms. The highest BCUT2D eigenvalue weighted by atomic mass is 19.4. The summed E-state index contributed by atoms with van der Waals surface area (Å²) in [6.07, 6.45) is 0.391. The van der Waals surface area contributed by atoms with Gasteiger partial charge < -0.3 is 15.4 Å². The maximum absolute atomic E-state index is 13.3. The molecule has 0 aromatic carbocycles. The van der Waals surface area contributed by atoms with Crippen molar-refractivity contribution in [1.29, 1.82) is 0 Å². The second kappa shape index (κ2) is 9.56. The number of halogens is 5. The van der Waals surface area contributed by atoms with Crippen LogP contribution in [-0.4, -0.2) is 61.0 Å². The van der Waals surface area contributed by atoms with Crippen LogP contribution in [-0.2, 0) is 22.6 Å². The topological polar surface area (TPSA) is 116 Å². The second-order valence-corrected chi connectivity index (χ2v) is 10.1. The van der Waals surface area contributed by atoms with Gasteiger partial charge >= 0.3 is 12.3 Å². The number of carbonyl (C=O) groups excluding carboxylic acids is 2. The number of amides is 2. The molecule has 1 atom stereocenters. The summed E-state index contributed by atoms with van der Waals surface area (Å²) in [5.74, 6) is -2.88. The van der Waals surface area contributed by atoms with Crippen LogP contribution in [0.1, 0.15) is 44.2 Å². The summed E-state index contributed by atoms with van der Waals surface area (Å²) in [5.41, 5.74) is 0.452. The van der Waals surface area contributed by atoms with Crippen LogP contribution in [0.3, 0.4) is 0 Å². The lowest BCUT2D eigenvalue weighted by Gasteiger charge is -2.35. The third kappa shape index (κ3) is 6.55. The Bertz CT molecular complexity index is 1120. The van der Waals surface area contributed by atoms with Gasteiger partial charge in [0.15, 0.2) is 0 Å². The molecule has 0 bridgehead atoms. The number of aromatic nitrogens is 5. The first-order valence-corrected chi connectivity index (χ1v) is 12.1. The summed E-state index contributed by atoms with van der Waals surface area (Å²) in [4.78, 5) is 25.7. The van der Waals surface area contributed by atoms with Crippen molar-refractivity contribution < 1.29 is 36.3 Å². The standard InChI is InChI=1S/C22H26F5N7O3/c23-21(24)5-16(6-21)37-20(36)31-18(17(12-1-2-12)13-3-4-13)19(35)30-14-7-29-33(9-14)10-15-8-28-32-34(15)11-22(25,26)27/h7-9,12-13,16-18H,1-6,10-11H2,(H,30,35)(H,31,36)/t18-/m0/s1. The van der Waals surface area contributed by atoms with Crippen molar-refractivity contribution >= 4 is 17.7 Å². The molecule has 37 heavy (non-hydrogen) atoms.